The highest BCUT2D eigenvalue weighted by Gasteiger charge is 2.10. The molecule has 1 N–H and O–H groups in total. The zero-order chi connectivity index (χ0) is 14.7. The van der Waals surface area contributed by atoms with Gasteiger partial charge in [0.1, 0.15) is 11.3 Å². The Morgan fingerprint density at radius 1 is 1.10 bits per heavy atom. The van der Waals surface area contributed by atoms with Crippen LogP contribution in [0.5, 0.6) is 0 Å². The predicted octanol–water partition coefficient (Wildman–Crippen LogP) is 5.01. The second-order valence-electron chi connectivity index (χ2n) is 5.14. The van der Waals surface area contributed by atoms with Gasteiger partial charge in [-0.3, -0.25) is 0 Å². The van der Waals surface area contributed by atoms with Gasteiger partial charge in [0.15, 0.2) is 0 Å². The monoisotopic (exact) mass is 297 g/mol. The Hall–Kier alpha value is -1.71. The van der Waals surface area contributed by atoms with Crippen LogP contribution in [-0.4, -0.2) is 6.26 Å². The summed E-state index contributed by atoms with van der Waals surface area (Å²) in [6.07, 6.45) is 2.09. The Morgan fingerprint density at radius 3 is 2.57 bits per heavy atom. The van der Waals surface area contributed by atoms with Crippen molar-refractivity contribution in [3.8, 4) is 0 Å². The molecular formula is C18H19NOS. The Morgan fingerprint density at radius 2 is 1.86 bits per heavy atom. The lowest BCUT2D eigenvalue weighted by Gasteiger charge is -2.11. The van der Waals surface area contributed by atoms with E-state index in [0.29, 0.717) is 0 Å². The largest absolute Gasteiger partial charge is 0.459 e. The fraction of sp³-hybridized carbons (Fsp3) is 0.222. The molecule has 0 amide bonds. The summed E-state index contributed by atoms with van der Waals surface area (Å²) >= 11 is 1.77. The molecule has 0 spiro atoms. The van der Waals surface area contributed by atoms with E-state index in [9.17, 15) is 0 Å². The summed E-state index contributed by atoms with van der Waals surface area (Å²) in [5.41, 5.74) is 2.24. The third kappa shape index (κ3) is 3.31. The molecule has 108 valence electrons. The molecular weight excluding hydrogens is 278 g/mol. The molecule has 0 aliphatic rings. The molecule has 0 aliphatic heterocycles. The summed E-state index contributed by atoms with van der Waals surface area (Å²) in [5.74, 6) is 0.983. The fourth-order valence-corrected chi connectivity index (χ4v) is 2.74. The highest BCUT2D eigenvalue weighted by molar-refractivity contribution is 7.98. The molecule has 2 nitrogen and oxygen atoms in total. The Balaban J connectivity index is 1.66. The maximum atomic E-state index is 5.89. The van der Waals surface area contributed by atoms with Gasteiger partial charge in [-0.1, -0.05) is 30.3 Å². The summed E-state index contributed by atoms with van der Waals surface area (Å²) in [5, 5.41) is 4.67. The first-order chi connectivity index (χ1) is 10.3. The molecule has 1 unspecified atom stereocenters. The van der Waals surface area contributed by atoms with E-state index in [2.05, 4.69) is 54.9 Å². The van der Waals surface area contributed by atoms with E-state index >= 15 is 0 Å². The number of hydrogen-bond donors (Lipinski definition) is 1. The lowest BCUT2D eigenvalue weighted by Crippen LogP contribution is -2.17. The van der Waals surface area contributed by atoms with Gasteiger partial charge in [0.25, 0.3) is 0 Å². The van der Waals surface area contributed by atoms with Crippen LogP contribution in [0.15, 0.2) is 63.9 Å². The summed E-state index contributed by atoms with van der Waals surface area (Å²) in [7, 11) is 0. The van der Waals surface area contributed by atoms with Crippen LogP contribution in [0, 0.1) is 0 Å². The van der Waals surface area contributed by atoms with Crippen molar-refractivity contribution in [2.45, 2.75) is 24.4 Å². The van der Waals surface area contributed by atoms with Crippen molar-refractivity contribution < 1.29 is 4.42 Å². The number of benzene rings is 2. The molecule has 1 heterocycles. The fourth-order valence-electron chi connectivity index (χ4n) is 2.33. The minimum Gasteiger partial charge on any atom is -0.459 e. The van der Waals surface area contributed by atoms with E-state index in [0.717, 1.165) is 23.3 Å². The van der Waals surface area contributed by atoms with Crippen LogP contribution in [0.3, 0.4) is 0 Å². The molecule has 1 aromatic heterocycles. The van der Waals surface area contributed by atoms with E-state index in [1.54, 1.807) is 11.8 Å². The number of furan rings is 1. The van der Waals surface area contributed by atoms with E-state index in [1.165, 1.54) is 10.5 Å². The topological polar surface area (TPSA) is 25.2 Å². The van der Waals surface area contributed by atoms with Crippen LogP contribution in [0.1, 0.15) is 24.3 Å². The van der Waals surface area contributed by atoms with Crippen LogP contribution in [0.4, 0.5) is 0 Å². The molecule has 0 saturated carbocycles. The lowest BCUT2D eigenvalue weighted by atomic mass is 10.2. The minimum atomic E-state index is 0.192. The summed E-state index contributed by atoms with van der Waals surface area (Å²) < 4.78 is 5.89. The standard InChI is InChI=1S/C18H19NOS/c1-13(18-11-15-5-3-4-6-17(15)20-18)19-12-14-7-9-16(21-2)10-8-14/h3-11,13,19H,12H2,1-2H3. The van der Waals surface area contributed by atoms with E-state index in [-0.39, 0.29) is 6.04 Å². The molecule has 0 fully saturated rings. The molecule has 1 atom stereocenters. The number of fused-ring (bicyclic) bond motifs is 1. The van der Waals surface area contributed by atoms with Gasteiger partial charge in [0.05, 0.1) is 6.04 Å². The van der Waals surface area contributed by atoms with Gasteiger partial charge in [-0.2, -0.15) is 0 Å². The second-order valence-corrected chi connectivity index (χ2v) is 6.02. The summed E-state index contributed by atoms with van der Waals surface area (Å²) in [6.45, 7) is 2.97. The van der Waals surface area contributed by atoms with Gasteiger partial charge >= 0.3 is 0 Å². The van der Waals surface area contributed by atoms with Gasteiger partial charge in [-0.25, -0.2) is 0 Å². The summed E-state index contributed by atoms with van der Waals surface area (Å²) in [4.78, 5) is 1.30. The van der Waals surface area contributed by atoms with Crippen LogP contribution < -0.4 is 5.32 Å². The van der Waals surface area contributed by atoms with Crippen LogP contribution in [0.2, 0.25) is 0 Å². The number of nitrogens with one attached hydrogen (secondary N) is 1. The molecule has 0 saturated heterocycles. The molecule has 3 aromatic rings. The third-order valence-electron chi connectivity index (χ3n) is 3.64. The molecule has 0 bridgehead atoms. The number of para-hydroxylation sites is 1. The van der Waals surface area contributed by atoms with Gasteiger partial charge in [0.2, 0.25) is 0 Å². The first kappa shape index (κ1) is 14.2. The zero-order valence-corrected chi connectivity index (χ0v) is 13.1. The number of rotatable bonds is 5. The molecule has 21 heavy (non-hydrogen) atoms. The van der Waals surface area contributed by atoms with Crippen LogP contribution in [0.25, 0.3) is 11.0 Å². The number of hydrogen-bond acceptors (Lipinski definition) is 3. The van der Waals surface area contributed by atoms with E-state index < -0.39 is 0 Å². The van der Waals surface area contributed by atoms with Crippen molar-refractivity contribution in [2.24, 2.45) is 0 Å². The number of thioether (sulfide) groups is 1. The van der Waals surface area contributed by atoms with Crippen molar-refractivity contribution in [3.63, 3.8) is 0 Å². The van der Waals surface area contributed by atoms with Crippen LogP contribution >= 0.6 is 11.8 Å². The Labute approximate surface area is 129 Å². The average molecular weight is 297 g/mol. The lowest BCUT2D eigenvalue weighted by molar-refractivity contribution is 0.451. The summed E-state index contributed by atoms with van der Waals surface area (Å²) in [6, 6.07) is 19.1. The highest BCUT2D eigenvalue weighted by atomic mass is 32.2. The maximum Gasteiger partial charge on any atom is 0.134 e. The van der Waals surface area contributed by atoms with Gasteiger partial charge < -0.3 is 9.73 Å². The molecule has 3 heteroatoms. The predicted molar refractivity (Wildman–Crippen MR) is 89.7 cm³/mol. The maximum absolute atomic E-state index is 5.89. The van der Waals surface area contributed by atoms with Crippen molar-refractivity contribution >= 4 is 22.7 Å². The second kappa shape index (κ2) is 6.37. The molecule has 0 radical (unpaired) electrons. The smallest absolute Gasteiger partial charge is 0.134 e. The average Bonchev–Trinajstić information content (AvgIpc) is 2.97. The van der Waals surface area contributed by atoms with Crippen molar-refractivity contribution in [1.82, 2.24) is 5.32 Å². The normalized spacial score (nSPS) is 12.7. The highest BCUT2D eigenvalue weighted by Crippen LogP contribution is 2.24. The van der Waals surface area contributed by atoms with Gasteiger partial charge in [-0.05, 0) is 43.0 Å². The van der Waals surface area contributed by atoms with Crippen molar-refractivity contribution in [1.29, 1.82) is 0 Å². The molecule has 3 rings (SSSR count). The first-order valence-electron chi connectivity index (χ1n) is 7.11. The molecule has 2 aromatic carbocycles. The van der Waals surface area contributed by atoms with E-state index in [4.69, 9.17) is 4.42 Å². The minimum absolute atomic E-state index is 0.192. The van der Waals surface area contributed by atoms with Gasteiger partial charge in [-0.15, -0.1) is 11.8 Å². The van der Waals surface area contributed by atoms with Crippen molar-refractivity contribution in [3.05, 3.63) is 65.9 Å². The molecule has 0 aliphatic carbocycles. The van der Waals surface area contributed by atoms with Gasteiger partial charge in [0, 0.05) is 16.8 Å². The van der Waals surface area contributed by atoms with Crippen LogP contribution in [-0.2, 0) is 6.54 Å². The SMILES string of the molecule is CSc1ccc(CNC(C)c2cc3ccccc3o2)cc1. The quantitative estimate of drug-likeness (QED) is 0.670. The zero-order valence-electron chi connectivity index (χ0n) is 12.3. The Kier molecular flexibility index (Phi) is 4.32. The Bertz CT molecular complexity index is 684. The third-order valence-corrected chi connectivity index (χ3v) is 4.39. The van der Waals surface area contributed by atoms with E-state index in [1.807, 2.05) is 18.2 Å². The van der Waals surface area contributed by atoms with Crippen molar-refractivity contribution in [2.75, 3.05) is 6.26 Å². The first-order valence-corrected chi connectivity index (χ1v) is 8.33.